The second-order valence-electron chi connectivity index (χ2n) is 11.4. The average Bonchev–Trinajstić information content (AvgIpc) is 3.50. The van der Waals surface area contributed by atoms with Gasteiger partial charge in [0.15, 0.2) is 0 Å². The molecule has 0 spiro atoms. The smallest absolute Gasteiger partial charge is 0.116 e. The number of aromatic nitrogens is 4. The lowest BCUT2D eigenvalue weighted by Gasteiger charge is -2.50. The Labute approximate surface area is 247 Å². The van der Waals surface area contributed by atoms with Crippen LogP contribution in [0.5, 0.6) is 0 Å². The molecule has 42 heavy (non-hydrogen) atoms. The standard InChI is InChI=1S/C36H36N6/c1-25-21-27(3)41(37-25)23-39-32-19-11-17-31-18-12-20-33(35(31)32)40(24-42-28(4)22-26(2)38-42)36(39)34(29-13-7-5-8-14-29)30-15-9-6-10-16-30/h5-22,34,36H,23-24H2,1-4H3. The molecule has 4 aromatic carbocycles. The SMILES string of the molecule is Cc1cc(C)n(CN2c3cccc4cccc(c34)N(Cn3nc(C)cc3C)C2C(c2ccccc2)c2ccccc2)n1. The molecule has 6 aromatic rings. The van der Waals surface area contributed by atoms with Gasteiger partial charge in [0.25, 0.3) is 0 Å². The minimum Gasteiger partial charge on any atom is -0.330 e. The van der Waals surface area contributed by atoms with Gasteiger partial charge in [-0.25, -0.2) is 9.36 Å². The third kappa shape index (κ3) is 4.53. The van der Waals surface area contributed by atoms with Gasteiger partial charge < -0.3 is 9.80 Å². The van der Waals surface area contributed by atoms with E-state index in [1.54, 1.807) is 0 Å². The molecule has 1 aliphatic heterocycles. The van der Waals surface area contributed by atoms with Crippen LogP contribution in [0.4, 0.5) is 11.4 Å². The van der Waals surface area contributed by atoms with Gasteiger partial charge in [0.2, 0.25) is 0 Å². The van der Waals surface area contributed by atoms with Gasteiger partial charge >= 0.3 is 0 Å². The molecular formula is C36H36N6. The highest BCUT2D eigenvalue weighted by Gasteiger charge is 2.40. The Balaban J connectivity index is 1.51. The highest BCUT2D eigenvalue weighted by atomic mass is 15.5. The Morgan fingerprint density at radius 2 is 1.02 bits per heavy atom. The molecule has 3 heterocycles. The van der Waals surface area contributed by atoms with E-state index in [0.717, 1.165) is 22.8 Å². The van der Waals surface area contributed by atoms with Gasteiger partial charge in [0, 0.05) is 34.1 Å². The van der Waals surface area contributed by atoms with Crippen molar-refractivity contribution in [3.05, 3.63) is 143 Å². The zero-order valence-corrected chi connectivity index (χ0v) is 24.6. The molecule has 0 atom stereocenters. The summed E-state index contributed by atoms with van der Waals surface area (Å²) in [4.78, 5) is 5.12. The Kier molecular flexibility index (Phi) is 6.54. The van der Waals surface area contributed by atoms with Crippen LogP contribution in [-0.4, -0.2) is 25.7 Å². The molecule has 6 nitrogen and oxygen atoms in total. The Bertz CT molecular complexity index is 1720. The normalized spacial score (nSPS) is 13.5. The first kappa shape index (κ1) is 26.1. The summed E-state index contributed by atoms with van der Waals surface area (Å²) in [5, 5.41) is 12.4. The van der Waals surface area contributed by atoms with Gasteiger partial charge in [-0.15, -0.1) is 0 Å². The zero-order valence-electron chi connectivity index (χ0n) is 24.6. The van der Waals surface area contributed by atoms with E-state index in [1.165, 1.54) is 33.3 Å². The first-order valence-corrected chi connectivity index (χ1v) is 14.6. The maximum atomic E-state index is 4.93. The number of anilines is 2. The molecule has 0 bridgehead atoms. The highest BCUT2D eigenvalue weighted by molar-refractivity contribution is 6.05. The third-order valence-electron chi connectivity index (χ3n) is 8.51. The van der Waals surface area contributed by atoms with E-state index in [1.807, 2.05) is 0 Å². The summed E-state index contributed by atoms with van der Waals surface area (Å²) in [7, 11) is 0. The van der Waals surface area contributed by atoms with Crippen molar-refractivity contribution in [2.45, 2.75) is 53.1 Å². The Morgan fingerprint density at radius 3 is 1.43 bits per heavy atom. The summed E-state index contributed by atoms with van der Waals surface area (Å²) in [5.74, 6) is 0.0462. The van der Waals surface area contributed by atoms with E-state index < -0.39 is 0 Å². The van der Waals surface area contributed by atoms with E-state index in [9.17, 15) is 0 Å². The van der Waals surface area contributed by atoms with Crippen LogP contribution >= 0.6 is 0 Å². The number of nitrogens with zero attached hydrogens (tertiary/aromatic N) is 6. The molecular weight excluding hydrogens is 516 g/mol. The molecule has 1 aliphatic rings. The lowest BCUT2D eigenvalue weighted by Crippen LogP contribution is -2.56. The van der Waals surface area contributed by atoms with Crippen molar-refractivity contribution in [2.75, 3.05) is 9.80 Å². The van der Waals surface area contributed by atoms with Crippen LogP contribution in [0.25, 0.3) is 10.8 Å². The lowest BCUT2D eigenvalue weighted by atomic mass is 9.85. The Hall–Kier alpha value is -4.84. The summed E-state index contributed by atoms with van der Waals surface area (Å²) in [5.41, 5.74) is 9.36. The Morgan fingerprint density at radius 1 is 0.571 bits per heavy atom. The van der Waals surface area contributed by atoms with Crippen LogP contribution in [-0.2, 0) is 13.3 Å². The zero-order chi connectivity index (χ0) is 28.8. The van der Waals surface area contributed by atoms with Gasteiger partial charge in [-0.05, 0) is 68.5 Å². The third-order valence-corrected chi connectivity index (χ3v) is 8.51. The summed E-state index contributed by atoms with van der Waals surface area (Å²) >= 11 is 0. The minimum atomic E-state index is -0.0666. The number of hydrogen-bond donors (Lipinski definition) is 0. The molecule has 0 fully saturated rings. The van der Waals surface area contributed by atoms with E-state index in [2.05, 4.69) is 156 Å². The predicted octanol–water partition coefficient (Wildman–Crippen LogP) is 7.57. The van der Waals surface area contributed by atoms with Gasteiger partial charge in [0.05, 0.1) is 11.4 Å². The molecule has 2 aromatic heterocycles. The van der Waals surface area contributed by atoms with Crippen LogP contribution in [0.3, 0.4) is 0 Å². The topological polar surface area (TPSA) is 42.1 Å². The molecule has 0 radical (unpaired) electrons. The van der Waals surface area contributed by atoms with Crippen LogP contribution in [0.1, 0.15) is 39.8 Å². The number of aryl methyl sites for hydroxylation is 4. The molecule has 6 heteroatoms. The van der Waals surface area contributed by atoms with Crippen LogP contribution in [0, 0.1) is 27.7 Å². The van der Waals surface area contributed by atoms with E-state index in [-0.39, 0.29) is 12.1 Å². The number of hydrogen-bond acceptors (Lipinski definition) is 4. The van der Waals surface area contributed by atoms with Crippen LogP contribution in [0.15, 0.2) is 109 Å². The largest absolute Gasteiger partial charge is 0.330 e. The van der Waals surface area contributed by atoms with Gasteiger partial charge in [-0.1, -0.05) is 84.9 Å². The van der Waals surface area contributed by atoms with Crippen LogP contribution in [0.2, 0.25) is 0 Å². The molecule has 0 N–H and O–H groups in total. The van der Waals surface area contributed by atoms with Crippen molar-refractivity contribution in [1.82, 2.24) is 19.6 Å². The summed E-state index contributed by atoms with van der Waals surface area (Å²) < 4.78 is 4.28. The highest BCUT2D eigenvalue weighted by Crippen LogP contribution is 2.47. The van der Waals surface area contributed by atoms with E-state index in [0.29, 0.717) is 13.3 Å². The monoisotopic (exact) mass is 552 g/mol. The van der Waals surface area contributed by atoms with Gasteiger partial charge in [-0.2, -0.15) is 10.2 Å². The van der Waals surface area contributed by atoms with Crippen molar-refractivity contribution < 1.29 is 0 Å². The molecule has 0 unspecified atom stereocenters. The molecule has 0 aliphatic carbocycles. The van der Waals surface area contributed by atoms with Gasteiger partial charge in [0.1, 0.15) is 19.5 Å². The summed E-state index contributed by atoms with van der Waals surface area (Å²) in [6.45, 7) is 9.68. The van der Waals surface area contributed by atoms with Crippen LogP contribution < -0.4 is 9.80 Å². The average molecular weight is 553 g/mol. The fourth-order valence-electron chi connectivity index (χ4n) is 6.70. The summed E-state index contributed by atoms with van der Waals surface area (Å²) in [6.07, 6.45) is -0.0666. The van der Waals surface area contributed by atoms with Crippen molar-refractivity contribution in [3.63, 3.8) is 0 Å². The fraction of sp³-hybridized carbons (Fsp3) is 0.222. The van der Waals surface area contributed by atoms with Crippen molar-refractivity contribution in [1.29, 1.82) is 0 Å². The maximum Gasteiger partial charge on any atom is 0.116 e. The minimum absolute atomic E-state index is 0.0462. The first-order chi connectivity index (χ1) is 20.5. The first-order valence-electron chi connectivity index (χ1n) is 14.6. The lowest BCUT2D eigenvalue weighted by molar-refractivity contribution is 0.406. The number of rotatable bonds is 7. The van der Waals surface area contributed by atoms with E-state index in [4.69, 9.17) is 10.2 Å². The van der Waals surface area contributed by atoms with Crippen molar-refractivity contribution in [2.24, 2.45) is 0 Å². The molecule has 0 saturated carbocycles. The molecule has 7 rings (SSSR count). The molecule has 0 saturated heterocycles. The quantitative estimate of drug-likeness (QED) is 0.205. The van der Waals surface area contributed by atoms with Crippen molar-refractivity contribution in [3.8, 4) is 0 Å². The van der Waals surface area contributed by atoms with Gasteiger partial charge in [-0.3, -0.25) is 0 Å². The second kappa shape index (κ2) is 10.5. The second-order valence-corrected chi connectivity index (χ2v) is 11.4. The number of benzene rings is 4. The van der Waals surface area contributed by atoms with E-state index >= 15 is 0 Å². The fourth-order valence-corrected chi connectivity index (χ4v) is 6.70. The maximum absolute atomic E-state index is 4.93. The van der Waals surface area contributed by atoms with Crippen molar-refractivity contribution >= 4 is 22.1 Å². The molecule has 0 amide bonds. The predicted molar refractivity (Wildman–Crippen MR) is 171 cm³/mol. The summed E-state index contributed by atoms with van der Waals surface area (Å²) in [6, 6.07) is 39.6. The molecule has 210 valence electrons.